The van der Waals surface area contributed by atoms with Crippen LogP contribution in [0.5, 0.6) is 0 Å². The summed E-state index contributed by atoms with van der Waals surface area (Å²) in [5, 5.41) is 30.4. The van der Waals surface area contributed by atoms with Gasteiger partial charge in [-0.1, -0.05) is 5.11 Å². The summed E-state index contributed by atoms with van der Waals surface area (Å²) in [5.41, 5.74) is 8.01. The van der Waals surface area contributed by atoms with Crippen molar-refractivity contribution in [3.8, 4) is 0 Å². The van der Waals surface area contributed by atoms with Crippen molar-refractivity contribution in [2.45, 2.75) is 12.2 Å². The molecule has 0 fully saturated rings. The Bertz CT molecular complexity index is 423. The zero-order chi connectivity index (χ0) is 12.1. The van der Waals surface area contributed by atoms with E-state index in [1.807, 2.05) is 0 Å². The third-order valence-electron chi connectivity index (χ3n) is 1.83. The van der Waals surface area contributed by atoms with Gasteiger partial charge in [0.15, 0.2) is 0 Å². The first-order chi connectivity index (χ1) is 7.56. The number of rotatable bonds is 5. The maximum atomic E-state index is 10.5. The molecule has 0 bridgehead atoms. The number of hydrogen-bond acceptors (Lipinski definition) is 5. The minimum atomic E-state index is -1.43. The van der Waals surface area contributed by atoms with E-state index in [9.17, 15) is 15.0 Å². The lowest BCUT2D eigenvalue weighted by Crippen LogP contribution is -2.20. The van der Waals surface area contributed by atoms with Gasteiger partial charge < -0.3 is 19.7 Å². The monoisotopic (exact) mass is 227 g/mol. The van der Waals surface area contributed by atoms with Crippen molar-refractivity contribution in [2.24, 2.45) is 5.11 Å². The second-order valence-corrected chi connectivity index (χ2v) is 2.93. The van der Waals surface area contributed by atoms with Crippen LogP contribution in [0.25, 0.3) is 10.4 Å². The lowest BCUT2D eigenvalue weighted by atomic mass is 10.1. The number of nitrogens with zero attached hydrogens (tertiary/aromatic N) is 3. The van der Waals surface area contributed by atoms with Crippen LogP contribution in [0.4, 0.5) is 0 Å². The SMILES string of the molecule is [N-]=[N+]=NCC(O)C(O)c1ccc(C(=O)O)o1. The molecule has 3 N–H and O–H groups in total. The number of furan rings is 1. The summed E-state index contributed by atoms with van der Waals surface area (Å²) in [5.74, 6) is -1.72. The predicted molar refractivity (Wildman–Crippen MR) is 50.6 cm³/mol. The van der Waals surface area contributed by atoms with E-state index in [2.05, 4.69) is 10.0 Å². The topological polar surface area (TPSA) is 140 Å². The van der Waals surface area contributed by atoms with Gasteiger partial charge in [0.05, 0.1) is 12.6 Å². The molecule has 1 aromatic rings. The Morgan fingerprint density at radius 1 is 1.56 bits per heavy atom. The van der Waals surface area contributed by atoms with Gasteiger partial charge in [-0.3, -0.25) is 0 Å². The smallest absolute Gasteiger partial charge is 0.371 e. The van der Waals surface area contributed by atoms with Crippen LogP contribution in [0.15, 0.2) is 21.7 Å². The molecule has 1 rings (SSSR count). The van der Waals surface area contributed by atoms with Gasteiger partial charge in [0.1, 0.15) is 11.9 Å². The minimum Gasteiger partial charge on any atom is -0.475 e. The van der Waals surface area contributed by atoms with Crippen LogP contribution in [-0.2, 0) is 0 Å². The quantitative estimate of drug-likeness (QED) is 0.385. The van der Waals surface area contributed by atoms with Crippen molar-refractivity contribution in [3.63, 3.8) is 0 Å². The van der Waals surface area contributed by atoms with E-state index in [4.69, 9.17) is 15.1 Å². The van der Waals surface area contributed by atoms with Gasteiger partial charge in [-0.25, -0.2) is 4.79 Å². The minimum absolute atomic E-state index is 0.0990. The maximum absolute atomic E-state index is 10.5. The summed E-state index contributed by atoms with van der Waals surface area (Å²) in [6.45, 7) is -0.333. The molecule has 8 heteroatoms. The molecule has 0 spiro atoms. The molecule has 8 nitrogen and oxygen atoms in total. The van der Waals surface area contributed by atoms with E-state index in [0.717, 1.165) is 6.07 Å². The van der Waals surface area contributed by atoms with Gasteiger partial charge in [0.2, 0.25) is 5.76 Å². The molecule has 0 aliphatic carbocycles. The first-order valence-electron chi connectivity index (χ1n) is 4.26. The zero-order valence-corrected chi connectivity index (χ0v) is 8.02. The number of aliphatic hydroxyl groups is 2. The highest BCUT2D eigenvalue weighted by Gasteiger charge is 2.22. The molecule has 0 radical (unpaired) electrons. The maximum Gasteiger partial charge on any atom is 0.371 e. The number of carboxylic acid groups (broad SMARTS) is 1. The third-order valence-corrected chi connectivity index (χ3v) is 1.83. The summed E-state index contributed by atoms with van der Waals surface area (Å²) in [6, 6.07) is 2.38. The highest BCUT2D eigenvalue weighted by molar-refractivity contribution is 5.84. The Labute approximate surface area is 89.4 Å². The number of aliphatic hydroxyl groups excluding tert-OH is 2. The average Bonchev–Trinajstić information content (AvgIpc) is 2.74. The van der Waals surface area contributed by atoms with Gasteiger partial charge in [0.25, 0.3) is 0 Å². The van der Waals surface area contributed by atoms with E-state index >= 15 is 0 Å². The first kappa shape index (κ1) is 12.1. The van der Waals surface area contributed by atoms with Crippen LogP contribution in [0.2, 0.25) is 0 Å². The fourth-order valence-electron chi connectivity index (χ4n) is 1.04. The molecular weight excluding hydrogens is 218 g/mol. The van der Waals surface area contributed by atoms with Crippen molar-refractivity contribution in [3.05, 3.63) is 34.1 Å². The van der Waals surface area contributed by atoms with Crippen molar-refractivity contribution < 1.29 is 24.5 Å². The second kappa shape index (κ2) is 5.17. The molecule has 2 atom stereocenters. The highest BCUT2D eigenvalue weighted by atomic mass is 16.4. The van der Waals surface area contributed by atoms with Crippen LogP contribution >= 0.6 is 0 Å². The van der Waals surface area contributed by atoms with E-state index in [-0.39, 0.29) is 18.1 Å². The second-order valence-electron chi connectivity index (χ2n) is 2.93. The Kier molecular flexibility index (Phi) is 3.90. The third kappa shape index (κ3) is 2.74. The Morgan fingerprint density at radius 3 is 2.75 bits per heavy atom. The summed E-state index contributed by atoms with van der Waals surface area (Å²) >= 11 is 0. The number of hydrogen-bond donors (Lipinski definition) is 3. The van der Waals surface area contributed by atoms with Crippen LogP contribution < -0.4 is 0 Å². The molecule has 0 saturated heterocycles. The van der Waals surface area contributed by atoms with Gasteiger partial charge in [-0.15, -0.1) is 0 Å². The zero-order valence-electron chi connectivity index (χ0n) is 8.02. The summed E-state index contributed by atoms with van der Waals surface area (Å²) < 4.78 is 4.76. The van der Waals surface area contributed by atoms with E-state index in [1.54, 1.807) is 0 Å². The highest BCUT2D eigenvalue weighted by Crippen LogP contribution is 2.20. The largest absolute Gasteiger partial charge is 0.475 e. The molecule has 0 aliphatic heterocycles. The molecule has 1 aromatic heterocycles. The van der Waals surface area contributed by atoms with E-state index < -0.39 is 18.2 Å². The number of carbonyl (C=O) groups is 1. The lowest BCUT2D eigenvalue weighted by Gasteiger charge is -2.12. The molecule has 0 amide bonds. The average molecular weight is 227 g/mol. The normalized spacial score (nSPS) is 13.9. The molecule has 86 valence electrons. The summed E-state index contributed by atoms with van der Waals surface area (Å²) in [7, 11) is 0. The van der Waals surface area contributed by atoms with Gasteiger partial charge >= 0.3 is 5.97 Å². The Morgan fingerprint density at radius 2 is 2.25 bits per heavy atom. The number of carboxylic acids is 1. The van der Waals surface area contributed by atoms with Crippen LogP contribution in [0, 0.1) is 0 Å². The lowest BCUT2D eigenvalue weighted by molar-refractivity contribution is 0.0101. The fourth-order valence-corrected chi connectivity index (χ4v) is 1.04. The Hall–Kier alpha value is -2.02. The van der Waals surface area contributed by atoms with Crippen molar-refractivity contribution in [1.82, 2.24) is 0 Å². The summed E-state index contributed by atoms with van der Waals surface area (Å²) in [4.78, 5) is 12.9. The molecule has 16 heavy (non-hydrogen) atoms. The molecule has 0 aliphatic rings. The van der Waals surface area contributed by atoms with Crippen molar-refractivity contribution in [2.75, 3.05) is 6.54 Å². The predicted octanol–water partition coefficient (Wildman–Crippen LogP) is 0.682. The van der Waals surface area contributed by atoms with E-state index in [0.29, 0.717) is 0 Å². The van der Waals surface area contributed by atoms with E-state index in [1.165, 1.54) is 6.07 Å². The number of azide groups is 1. The van der Waals surface area contributed by atoms with Crippen LogP contribution in [0.3, 0.4) is 0 Å². The Balaban J connectivity index is 2.75. The fraction of sp³-hybridized carbons (Fsp3) is 0.375. The molecule has 1 heterocycles. The standard InChI is InChI=1S/C8H9N3O5/c9-11-10-3-4(12)7(13)5-1-2-6(16-5)8(14)15/h1-2,4,7,12-13H,3H2,(H,14,15). The van der Waals surface area contributed by atoms with Crippen molar-refractivity contribution >= 4 is 5.97 Å². The molecular formula is C8H9N3O5. The number of aromatic carboxylic acids is 1. The van der Waals surface area contributed by atoms with Crippen LogP contribution in [0.1, 0.15) is 22.4 Å². The van der Waals surface area contributed by atoms with Gasteiger partial charge in [0, 0.05) is 4.91 Å². The molecule has 0 aromatic carbocycles. The van der Waals surface area contributed by atoms with Crippen molar-refractivity contribution in [1.29, 1.82) is 0 Å². The van der Waals surface area contributed by atoms with Crippen LogP contribution in [-0.4, -0.2) is 33.9 Å². The molecule has 0 saturated carbocycles. The van der Waals surface area contributed by atoms with Gasteiger partial charge in [-0.2, -0.15) is 0 Å². The van der Waals surface area contributed by atoms with Gasteiger partial charge in [-0.05, 0) is 17.7 Å². The summed E-state index contributed by atoms with van der Waals surface area (Å²) in [6.07, 6.45) is -2.78. The molecule has 2 unspecified atom stereocenters. The first-order valence-corrected chi connectivity index (χ1v) is 4.26.